The summed E-state index contributed by atoms with van der Waals surface area (Å²) in [6, 6.07) is 12.8. The van der Waals surface area contributed by atoms with Gasteiger partial charge in [0.1, 0.15) is 11.4 Å². The Hall–Kier alpha value is -2.38. The average molecular weight is 345 g/mol. The summed E-state index contributed by atoms with van der Waals surface area (Å²) in [6.07, 6.45) is 4.36. The summed E-state index contributed by atoms with van der Waals surface area (Å²) in [5, 5.41) is 0. The molecule has 0 aliphatic rings. The molecule has 2 aromatic heterocycles. The second-order valence-corrected chi connectivity index (χ2v) is 7.26. The highest BCUT2D eigenvalue weighted by molar-refractivity contribution is 7.88. The monoisotopic (exact) mass is 345 g/mol. The van der Waals surface area contributed by atoms with E-state index >= 15 is 0 Å². The van der Waals surface area contributed by atoms with Crippen LogP contribution in [0.15, 0.2) is 54.9 Å². The first-order valence-electron chi connectivity index (χ1n) is 7.59. The number of methoxy groups -OCH3 is 1. The van der Waals surface area contributed by atoms with Gasteiger partial charge in [0.05, 0.1) is 18.6 Å². The van der Waals surface area contributed by atoms with Gasteiger partial charge in [0.2, 0.25) is 10.0 Å². The van der Waals surface area contributed by atoms with Crippen LogP contribution in [0.25, 0.3) is 5.65 Å². The molecule has 3 aromatic rings. The molecule has 0 saturated heterocycles. The van der Waals surface area contributed by atoms with E-state index in [1.807, 2.05) is 35.0 Å². The summed E-state index contributed by atoms with van der Waals surface area (Å²) >= 11 is 0. The zero-order chi connectivity index (χ0) is 17.0. The standard InChI is InChI=1S/C17H19N3O3S/c1-23-16-6-4-5-14(11-16)13-24(21,22)18-9-8-15-12-20-10-3-2-7-17(20)19-15/h2-7,10-12,18H,8-9,13H2,1H3. The van der Waals surface area contributed by atoms with Crippen LogP contribution in [-0.4, -0.2) is 31.5 Å². The number of pyridine rings is 1. The predicted molar refractivity (Wildman–Crippen MR) is 92.5 cm³/mol. The number of fused-ring (bicyclic) bond motifs is 1. The highest BCUT2D eigenvalue weighted by Crippen LogP contribution is 2.14. The van der Waals surface area contributed by atoms with Crippen molar-refractivity contribution in [3.63, 3.8) is 0 Å². The fourth-order valence-electron chi connectivity index (χ4n) is 2.47. The van der Waals surface area contributed by atoms with Gasteiger partial charge in [-0.2, -0.15) is 0 Å². The molecule has 0 radical (unpaired) electrons. The van der Waals surface area contributed by atoms with E-state index in [1.54, 1.807) is 31.4 Å². The SMILES string of the molecule is COc1cccc(CS(=O)(=O)NCCc2cn3ccccc3n2)c1. The van der Waals surface area contributed by atoms with E-state index in [2.05, 4.69) is 9.71 Å². The zero-order valence-electron chi connectivity index (χ0n) is 13.3. The van der Waals surface area contributed by atoms with Crippen LogP contribution in [0.4, 0.5) is 0 Å². The molecule has 2 heterocycles. The van der Waals surface area contributed by atoms with E-state index in [-0.39, 0.29) is 5.75 Å². The van der Waals surface area contributed by atoms with E-state index in [0.29, 0.717) is 24.3 Å². The molecular weight excluding hydrogens is 326 g/mol. The Labute approximate surface area is 141 Å². The molecular formula is C17H19N3O3S. The van der Waals surface area contributed by atoms with Gasteiger partial charge in [-0.15, -0.1) is 0 Å². The maximum atomic E-state index is 12.2. The van der Waals surface area contributed by atoms with Gasteiger partial charge < -0.3 is 9.14 Å². The normalized spacial score (nSPS) is 11.7. The summed E-state index contributed by atoms with van der Waals surface area (Å²) in [5.41, 5.74) is 2.39. The molecule has 7 heteroatoms. The van der Waals surface area contributed by atoms with Crippen LogP contribution < -0.4 is 9.46 Å². The Balaban J connectivity index is 1.58. The molecule has 3 rings (SSSR count). The van der Waals surface area contributed by atoms with Crippen LogP contribution in [0.3, 0.4) is 0 Å². The van der Waals surface area contributed by atoms with Gasteiger partial charge in [-0.05, 0) is 29.8 Å². The van der Waals surface area contributed by atoms with Crippen molar-refractivity contribution < 1.29 is 13.2 Å². The van der Waals surface area contributed by atoms with Gasteiger partial charge in [-0.1, -0.05) is 18.2 Å². The number of rotatable bonds is 7. The number of hydrogen-bond acceptors (Lipinski definition) is 4. The number of nitrogens with one attached hydrogen (secondary N) is 1. The third-order valence-electron chi connectivity index (χ3n) is 3.61. The highest BCUT2D eigenvalue weighted by Gasteiger charge is 2.12. The molecule has 0 unspecified atom stereocenters. The molecule has 126 valence electrons. The summed E-state index contributed by atoms with van der Waals surface area (Å²) in [4.78, 5) is 4.45. The van der Waals surface area contributed by atoms with E-state index in [4.69, 9.17) is 4.74 Å². The molecule has 1 aromatic carbocycles. The van der Waals surface area contributed by atoms with Crippen molar-refractivity contribution in [2.24, 2.45) is 0 Å². The Morgan fingerprint density at radius 2 is 2.08 bits per heavy atom. The molecule has 0 amide bonds. The van der Waals surface area contributed by atoms with Gasteiger partial charge >= 0.3 is 0 Å². The molecule has 24 heavy (non-hydrogen) atoms. The lowest BCUT2D eigenvalue weighted by atomic mass is 10.2. The van der Waals surface area contributed by atoms with Crippen LogP contribution in [0.1, 0.15) is 11.3 Å². The number of benzene rings is 1. The largest absolute Gasteiger partial charge is 0.497 e. The quantitative estimate of drug-likeness (QED) is 0.711. The van der Waals surface area contributed by atoms with E-state index in [0.717, 1.165) is 11.3 Å². The summed E-state index contributed by atoms with van der Waals surface area (Å²) in [7, 11) is -1.84. The fourth-order valence-corrected chi connectivity index (χ4v) is 3.61. The molecule has 0 fully saturated rings. The van der Waals surface area contributed by atoms with Crippen molar-refractivity contribution in [1.82, 2.24) is 14.1 Å². The molecule has 0 aliphatic heterocycles. The molecule has 0 aliphatic carbocycles. The number of imidazole rings is 1. The van der Waals surface area contributed by atoms with Crippen molar-refractivity contribution in [1.29, 1.82) is 0 Å². The van der Waals surface area contributed by atoms with Crippen molar-refractivity contribution in [2.75, 3.05) is 13.7 Å². The number of hydrogen-bond donors (Lipinski definition) is 1. The smallest absolute Gasteiger partial charge is 0.215 e. The number of ether oxygens (including phenoxy) is 1. The molecule has 6 nitrogen and oxygen atoms in total. The lowest BCUT2D eigenvalue weighted by Gasteiger charge is -2.07. The molecule has 0 atom stereocenters. The Kier molecular flexibility index (Phi) is 4.82. The van der Waals surface area contributed by atoms with Crippen LogP contribution in [0.5, 0.6) is 5.75 Å². The van der Waals surface area contributed by atoms with Gasteiger partial charge in [0.15, 0.2) is 0 Å². The first kappa shape index (κ1) is 16.5. The number of sulfonamides is 1. The maximum absolute atomic E-state index is 12.2. The van der Waals surface area contributed by atoms with E-state index in [9.17, 15) is 8.42 Å². The molecule has 0 saturated carbocycles. The average Bonchev–Trinajstić information content (AvgIpc) is 2.97. The van der Waals surface area contributed by atoms with Gasteiger partial charge in [0, 0.05) is 25.4 Å². The van der Waals surface area contributed by atoms with Gasteiger partial charge in [0.25, 0.3) is 0 Å². The summed E-state index contributed by atoms with van der Waals surface area (Å²) < 4.78 is 34.0. The minimum atomic E-state index is -3.40. The molecule has 0 bridgehead atoms. The van der Waals surface area contributed by atoms with Crippen molar-refractivity contribution in [3.05, 3.63) is 66.1 Å². The van der Waals surface area contributed by atoms with E-state index < -0.39 is 10.0 Å². The lowest BCUT2D eigenvalue weighted by Crippen LogP contribution is -2.27. The van der Waals surface area contributed by atoms with Gasteiger partial charge in [-0.3, -0.25) is 0 Å². The Morgan fingerprint density at radius 3 is 2.88 bits per heavy atom. The van der Waals surface area contributed by atoms with Crippen LogP contribution >= 0.6 is 0 Å². The van der Waals surface area contributed by atoms with Crippen molar-refractivity contribution >= 4 is 15.7 Å². The topological polar surface area (TPSA) is 72.7 Å². The number of aromatic nitrogens is 2. The van der Waals surface area contributed by atoms with Crippen molar-refractivity contribution in [3.8, 4) is 5.75 Å². The molecule has 0 spiro atoms. The minimum Gasteiger partial charge on any atom is -0.497 e. The lowest BCUT2D eigenvalue weighted by molar-refractivity contribution is 0.414. The maximum Gasteiger partial charge on any atom is 0.215 e. The Bertz CT molecular complexity index is 902. The third kappa shape index (κ3) is 4.12. The first-order chi connectivity index (χ1) is 11.6. The van der Waals surface area contributed by atoms with Crippen molar-refractivity contribution in [2.45, 2.75) is 12.2 Å². The summed E-state index contributed by atoms with van der Waals surface area (Å²) in [6.45, 7) is 0.316. The highest BCUT2D eigenvalue weighted by atomic mass is 32.2. The first-order valence-corrected chi connectivity index (χ1v) is 9.24. The van der Waals surface area contributed by atoms with Gasteiger partial charge in [-0.25, -0.2) is 18.1 Å². The number of nitrogens with zero attached hydrogens (tertiary/aromatic N) is 2. The van der Waals surface area contributed by atoms with Crippen LogP contribution in [0, 0.1) is 0 Å². The second kappa shape index (κ2) is 7.02. The van der Waals surface area contributed by atoms with Crippen LogP contribution in [0.2, 0.25) is 0 Å². The fraction of sp³-hybridized carbons (Fsp3) is 0.235. The minimum absolute atomic E-state index is 0.0740. The van der Waals surface area contributed by atoms with Crippen LogP contribution in [-0.2, 0) is 22.2 Å². The predicted octanol–water partition coefficient (Wildman–Crippen LogP) is 2.00. The summed E-state index contributed by atoms with van der Waals surface area (Å²) in [5.74, 6) is 0.572. The van der Waals surface area contributed by atoms with E-state index in [1.165, 1.54) is 0 Å². The molecule has 1 N–H and O–H groups in total. The zero-order valence-corrected chi connectivity index (χ0v) is 14.2. The third-order valence-corrected chi connectivity index (χ3v) is 4.97. The second-order valence-electron chi connectivity index (χ2n) is 5.45. The Morgan fingerprint density at radius 1 is 1.21 bits per heavy atom.